The molecule has 3 aliphatic rings. The topological polar surface area (TPSA) is 18.8 Å². The van der Waals surface area contributed by atoms with Crippen LogP contribution < -0.4 is 0 Å². The molecule has 2 unspecified atom stereocenters. The molecule has 2 fully saturated rings. The van der Waals surface area contributed by atoms with Gasteiger partial charge in [-0.1, -0.05) is 62.3 Å². The minimum absolute atomic E-state index is 0.0814. The lowest BCUT2D eigenvalue weighted by molar-refractivity contribution is 0.246. The van der Waals surface area contributed by atoms with E-state index in [0.717, 1.165) is 6.54 Å². The van der Waals surface area contributed by atoms with E-state index in [4.69, 9.17) is 4.99 Å². The van der Waals surface area contributed by atoms with Crippen LogP contribution in [0.15, 0.2) is 16.3 Å². The second kappa shape index (κ2) is 6.36. The van der Waals surface area contributed by atoms with Gasteiger partial charge in [0.2, 0.25) is 0 Å². The Labute approximate surface area is 161 Å². The minimum Gasteiger partial charge on any atom is -0.332 e. The molecule has 0 bridgehead atoms. The Morgan fingerprint density at radius 3 is 1.88 bits per heavy atom. The molecule has 3 rings (SSSR count). The maximum atomic E-state index is 5.44. The smallest absolute Gasteiger partial charge is 0.109 e. The first kappa shape index (κ1) is 19.9. The van der Waals surface area contributed by atoms with E-state index in [-0.39, 0.29) is 22.3 Å². The van der Waals surface area contributed by atoms with Gasteiger partial charge in [-0.25, -0.2) is 0 Å². The summed E-state index contributed by atoms with van der Waals surface area (Å²) < 4.78 is 0. The van der Waals surface area contributed by atoms with E-state index >= 15 is 0 Å². The van der Waals surface area contributed by atoms with Gasteiger partial charge in [0.15, 0.2) is 0 Å². The molecule has 2 saturated heterocycles. The fourth-order valence-electron chi connectivity index (χ4n) is 5.02. The molecule has 0 aliphatic carbocycles. The lowest BCUT2D eigenvalue weighted by Crippen LogP contribution is -2.47. The van der Waals surface area contributed by atoms with E-state index in [0.29, 0.717) is 6.04 Å². The summed E-state index contributed by atoms with van der Waals surface area (Å²) in [5.74, 6) is 1.31. The lowest BCUT2D eigenvalue weighted by atomic mass is 9.70. The fraction of sp³-hybridized carbons (Fsp3) is 0.870. The van der Waals surface area contributed by atoms with Crippen molar-refractivity contribution in [1.29, 1.82) is 0 Å². The van der Waals surface area contributed by atoms with Crippen LogP contribution in [0.4, 0.5) is 0 Å². The Morgan fingerprint density at radius 1 is 0.846 bits per heavy atom. The molecule has 26 heavy (non-hydrogen) atoms. The Hall–Kier alpha value is -0.830. The van der Waals surface area contributed by atoms with Crippen molar-refractivity contribution in [3.8, 4) is 0 Å². The van der Waals surface area contributed by atoms with Crippen LogP contribution in [0.5, 0.6) is 0 Å². The van der Waals surface area contributed by atoms with Crippen molar-refractivity contribution < 1.29 is 0 Å². The predicted octanol–water partition coefficient (Wildman–Crippen LogP) is 5.33. The Balaban J connectivity index is 2.10. The Kier molecular flexibility index (Phi) is 4.87. The minimum atomic E-state index is 0.0814. The second-order valence-electron chi connectivity index (χ2n) is 11.8. The highest BCUT2D eigenvalue weighted by molar-refractivity contribution is 5.90. The summed E-state index contributed by atoms with van der Waals surface area (Å²) >= 11 is 0. The zero-order chi connectivity index (χ0) is 19.5. The van der Waals surface area contributed by atoms with Crippen molar-refractivity contribution in [1.82, 2.24) is 9.80 Å². The normalized spacial score (nSPS) is 28.7. The van der Waals surface area contributed by atoms with Crippen LogP contribution in [0.1, 0.15) is 81.6 Å². The van der Waals surface area contributed by atoms with Gasteiger partial charge in [0.05, 0.1) is 6.04 Å². The Bertz CT molecular complexity index is 601. The van der Waals surface area contributed by atoms with Crippen molar-refractivity contribution >= 4 is 5.84 Å². The molecule has 0 aromatic heterocycles. The fourth-order valence-corrected chi connectivity index (χ4v) is 5.02. The third-order valence-electron chi connectivity index (χ3n) is 6.20. The standard InChI is InChI=1S/C23H41N3/c1-21(2,3)18-17-14-16(25-12-10-11-13-25)15-26(17)20(23(7,8)9)24-19(18)22(4,5)6/h16,19H,10-15H2,1-9H3. The molecule has 0 aromatic carbocycles. The molecule has 3 aliphatic heterocycles. The number of likely N-dealkylation sites (tertiary alicyclic amines) is 1. The van der Waals surface area contributed by atoms with Crippen molar-refractivity contribution in [3.05, 3.63) is 11.3 Å². The van der Waals surface area contributed by atoms with Gasteiger partial charge in [-0.2, -0.15) is 0 Å². The van der Waals surface area contributed by atoms with Crippen molar-refractivity contribution in [2.75, 3.05) is 19.6 Å². The summed E-state index contributed by atoms with van der Waals surface area (Å²) in [6.45, 7) is 24.9. The van der Waals surface area contributed by atoms with Crippen LogP contribution in [-0.2, 0) is 0 Å². The number of aliphatic imine (C=N–C) groups is 1. The molecule has 3 heterocycles. The van der Waals surface area contributed by atoms with Gasteiger partial charge in [0.1, 0.15) is 5.84 Å². The van der Waals surface area contributed by atoms with E-state index < -0.39 is 0 Å². The lowest BCUT2D eigenvalue weighted by Gasteiger charge is -2.45. The number of hydrogen-bond acceptors (Lipinski definition) is 3. The molecule has 0 radical (unpaired) electrons. The van der Waals surface area contributed by atoms with Crippen molar-refractivity contribution in [3.63, 3.8) is 0 Å². The van der Waals surface area contributed by atoms with Gasteiger partial charge in [0, 0.05) is 30.1 Å². The largest absolute Gasteiger partial charge is 0.332 e. The number of rotatable bonds is 1. The number of amidine groups is 1. The quantitative estimate of drug-likeness (QED) is 0.630. The molecule has 2 atom stereocenters. The highest BCUT2D eigenvalue weighted by Crippen LogP contribution is 2.48. The van der Waals surface area contributed by atoms with Crippen LogP contribution in [0.2, 0.25) is 0 Å². The van der Waals surface area contributed by atoms with Crippen LogP contribution in [0.3, 0.4) is 0 Å². The van der Waals surface area contributed by atoms with Gasteiger partial charge < -0.3 is 4.90 Å². The molecule has 3 heteroatoms. The van der Waals surface area contributed by atoms with Crippen LogP contribution in [0.25, 0.3) is 0 Å². The van der Waals surface area contributed by atoms with E-state index in [1.165, 1.54) is 38.2 Å². The highest BCUT2D eigenvalue weighted by atomic mass is 15.3. The summed E-state index contributed by atoms with van der Waals surface area (Å²) in [7, 11) is 0. The molecule has 148 valence electrons. The molecule has 0 N–H and O–H groups in total. The summed E-state index contributed by atoms with van der Waals surface area (Å²) in [5, 5.41) is 0. The first-order valence-corrected chi connectivity index (χ1v) is 10.6. The van der Waals surface area contributed by atoms with Gasteiger partial charge in [-0.15, -0.1) is 0 Å². The van der Waals surface area contributed by atoms with Crippen LogP contribution in [-0.4, -0.2) is 47.4 Å². The first-order chi connectivity index (χ1) is 11.8. The van der Waals surface area contributed by atoms with Gasteiger partial charge in [-0.05, 0) is 42.3 Å². The van der Waals surface area contributed by atoms with Gasteiger partial charge in [0.25, 0.3) is 0 Å². The van der Waals surface area contributed by atoms with Crippen LogP contribution >= 0.6 is 0 Å². The summed E-state index contributed by atoms with van der Waals surface area (Å²) in [4.78, 5) is 10.8. The number of nitrogens with zero attached hydrogens (tertiary/aromatic N) is 3. The van der Waals surface area contributed by atoms with E-state index in [2.05, 4.69) is 72.1 Å². The number of fused-ring (bicyclic) bond motifs is 1. The number of hydrogen-bond donors (Lipinski definition) is 0. The molecule has 0 amide bonds. The summed E-state index contributed by atoms with van der Waals surface area (Å²) in [6.07, 6.45) is 3.94. The van der Waals surface area contributed by atoms with E-state index in [1.54, 1.807) is 11.3 Å². The predicted molar refractivity (Wildman–Crippen MR) is 113 cm³/mol. The zero-order valence-corrected chi connectivity index (χ0v) is 18.7. The molecule has 3 nitrogen and oxygen atoms in total. The van der Waals surface area contributed by atoms with Gasteiger partial charge >= 0.3 is 0 Å². The van der Waals surface area contributed by atoms with Gasteiger partial charge in [-0.3, -0.25) is 9.89 Å². The molecule has 0 saturated carbocycles. The Morgan fingerprint density at radius 2 is 1.42 bits per heavy atom. The molecule has 0 aromatic rings. The average Bonchev–Trinajstić information content (AvgIpc) is 3.11. The molecule has 0 spiro atoms. The maximum absolute atomic E-state index is 5.44. The monoisotopic (exact) mass is 359 g/mol. The molecular weight excluding hydrogens is 318 g/mol. The zero-order valence-electron chi connectivity index (χ0n) is 18.7. The summed E-state index contributed by atoms with van der Waals surface area (Å²) in [6, 6.07) is 0.941. The third-order valence-corrected chi connectivity index (χ3v) is 6.20. The van der Waals surface area contributed by atoms with Crippen LogP contribution in [0, 0.1) is 16.2 Å². The summed E-state index contributed by atoms with van der Waals surface area (Å²) in [5.41, 5.74) is 3.55. The maximum Gasteiger partial charge on any atom is 0.109 e. The average molecular weight is 360 g/mol. The van der Waals surface area contributed by atoms with E-state index in [9.17, 15) is 0 Å². The third kappa shape index (κ3) is 3.61. The SMILES string of the molecule is CC(C)(C)C1=NC(C(C)(C)C)C(C(C)(C)C)=C2CC(N3CCCC3)CN12. The van der Waals surface area contributed by atoms with Crippen molar-refractivity contribution in [2.45, 2.75) is 93.7 Å². The first-order valence-electron chi connectivity index (χ1n) is 10.6. The highest BCUT2D eigenvalue weighted by Gasteiger charge is 2.47. The van der Waals surface area contributed by atoms with Crippen molar-refractivity contribution in [2.24, 2.45) is 21.2 Å². The molecular formula is C23H41N3. The van der Waals surface area contributed by atoms with E-state index in [1.807, 2.05) is 0 Å². The second-order valence-corrected chi connectivity index (χ2v) is 11.8.